The van der Waals surface area contributed by atoms with Crippen molar-refractivity contribution in [3.63, 3.8) is 0 Å². The van der Waals surface area contributed by atoms with Gasteiger partial charge in [0.1, 0.15) is 17.3 Å². The van der Waals surface area contributed by atoms with E-state index in [4.69, 9.17) is 4.42 Å². The molecule has 1 amide bonds. The molecule has 2 aromatic carbocycles. The number of carbonyl (C=O) groups is 1. The van der Waals surface area contributed by atoms with E-state index < -0.39 is 11.7 Å². The molecule has 1 aliphatic rings. The van der Waals surface area contributed by atoms with E-state index in [0.29, 0.717) is 52.4 Å². The average Bonchev–Trinajstić information content (AvgIpc) is 3.52. The van der Waals surface area contributed by atoms with Crippen molar-refractivity contribution < 1.29 is 13.6 Å². The van der Waals surface area contributed by atoms with Crippen LogP contribution in [0.4, 0.5) is 4.39 Å². The Labute approximate surface area is 212 Å². The number of nitrogens with zero attached hydrogens (tertiary/aromatic N) is 4. The molecule has 0 aliphatic carbocycles. The number of imidazole rings is 1. The molecule has 0 saturated carbocycles. The standard InChI is InChI=1S/C26H19BrFN5O3/c27-23-8-7-22(36-23)21-13-29-24-14-32(9-10-33(21)24)26(35)18-11-15(5-6-19(18)28)12-20-16-3-1-2-4-17(16)25(34)31-30-20/h1-8,11,13H,9-10,12,14H2,(H,31,34). The summed E-state index contributed by atoms with van der Waals surface area (Å²) in [7, 11) is 0. The molecule has 5 aromatic rings. The number of aromatic nitrogens is 4. The van der Waals surface area contributed by atoms with Crippen LogP contribution in [0.15, 0.2) is 74.7 Å². The molecule has 36 heavy (non-hydrogen) atoms. The summed E-state index contributed by atoms with van der Waals surface area (Å²) in [5, 5.41) is 7.97. The quantitative estimate of drug-likeness (QED) is 0.356. The second kappa shape index (κ2) is 8.87. The van der Waals surface area contributed by atoms with Crippen molar-refractivity contribution in [3.8, 4) is 11.5 Å². The number of H-pyrrole nitrogens is 1. The first-order chi connectivity index (χ1) is 17.5. The predicted octanol–water partition coefficient (Wildman–Crippen LogP) is 4.53. The van der Waals surface area contributed by atoms with Gasteiger partial charge in [0.25, 0.3) is 11.5 Å². The molecule has 4 heterocycles. The molecule has 0 bridgehead atoms. The van der Waals surface area contributed by atoms with Gasteiger partial charge < -0.3 is 13.9 Å². The zero-order valence-electron chi connectivity index (χ0n) is 18.9. The molecule has 180 valence electrons. The maximum atomic E-state index is 14.8. The highest BCUT2D eigenvalue weighted by Crippen LogP contribution is 2.28. The van der Waals surface area contributed by atoms with E-state index in [2.05, 4.69) is 31.1 Å². The van der Waals surface area contributed by atoms with Gasteiger partial charge in [-0.2, -0.15) is 5.10 Å². The Morgan fingerprint density at radius 1 is 1.11 bits per heavy atom. The van der Waals surface area contributed by atoms with Crippen molar-refractivity contribution in [1.82, 2.24) is 24.6 Å². The highest BCUT2D eigenvalue weighted by atomic mass is 79.9. The predicted molar refractivity (Wildman–Crippen MR) is 134 cm³/mol. The fourth-order valence-electron chi connectivity index (χ4n) is 4.60. The molecule has 10 heteroatoms. The van der Waals surface area contributed by atoms with E-state index in [-0.39, 0.29) is 17.7 Å². The molecule has 0 saturated heterocycles. The Bertz CT molecular complexity index is 1690. The van der Waals surface area contributed by atoms with Gasteiger partial charge in [-0.05, 0) is 51.8 Å². The maximum Gasteiger partial charge on any atom is 0.272 e. The molecule has 8 nitrogen and oxygen atoms in total. The third-order valence-electron chi connectivity index (χ3n) is 6.38. The van der Waals surface area contributed by atoms with E-state index in [1.807, 2.05) is 28.8 Å². The van der Waals surface area contributed by atoms with Crippen LogP contribution in [0.1, 0.15) is 27.4 Å². The third-order valence-corrected chi connectivity index (χ3v) is 6.81. The van der Waals surface area contributed by atoms with Crippen LogP contribution in [-0.2, 0) is 19.5 Å². The summed E-state index contributed by atoms with van der Waals surface area (Å²) in [6.45, 7) is 1.19. The van der Waals surface area contributed by atoms with Crippen LogP contribution < -0.4 is 5.56 Å². The number of rotatable bonds is 4. The number of fused-ring (bicyclic) bond motifs is 2. The minimum Gasteiger partial charge on any atom is -0.448 e. The second-order valence-corrected chi connectivity index (χ2v) is 9.36. The monoisotopic (exact) mass is 547 g/mol. The van der Waals surface area contributed by atoms with Gasteiger partial charge in [0, 0.05) is 24.9 Å². The SMILES string of the molecule is O=C(c1cc(Cc2n[nH]c(=O)c3ccccc23)ccc1F)N1CCn2c(-c3ccc(Br)o3)cnc2C1. The Kier molecular flexibility index (Phi) is 5.52. The van der Waals surface area contributed by atoms with Gasteiger partial charge in [-0.15, -0.1) is 0 Å². The number of amides is 1. The van der Waals surface area contributed by atoms with Gasteiger partial charge in [0.15, 0.2) is 10.4 Å². The lowest BCUT2D eigenvalue weighted by atomic mass is 10.0. The van der Waals surface area contributed by atoms with Crippen molar-refractivity contribution >= 4 is 32.6 Å². The molecule has 0 atom stereocenters. The van der Waals surface area contributed by atoms with E-state index in [1.165, 1.54) is 6.07 Å². The Balaban J connectivity index is 1.26. The highest BCUT2D eigenvalue weighted by molar-refractivity contribution is 9.10. The van der Waals surface area contributed by atoms with Gasteiger partial charge in [-0.3, -0.25) is 9.59 Å². The van der Waals surface area contributed by atoms with Crippen molar-refractivity contribution in [2.24, 2.45) is 0 Å². The lowest BCUT2D eigenvalue weighted by Crippen LogP contribution is -2.39. The van der Waals surface area contributed by atoms with Crippen LogP contribution >= 0.6 is 15.9 Å². The molecular formula is C26H19BrFN5O3. The van der Waals surface area contributed by atoms with Crippen molar-refractivity contribution in [3.05, 3.63) is 104 Å². The molecule has 1 N–H and O–H groups in total. The van der Waals surface area contributed by atoms with Gasteiger partial charge in [-0.25, -0.2) is 14.5 Å². The number of aromatic amines is 1. The summed E-state index contributed by atoms with van der Waals surface area (Å²) in [6, 6.07) is 15.3. The number of furan rings is 1. The molecule has 0 spiro atoms. The minimum absolute atomic E-state index is 0.00331. The van der Waals surface area contributed by atoms with Crippen LogP contribution in [0.5, 0.6) is 0 Å². The van der Waals surface area contributed by atoms with E-state index >= 15 is 0 Å². The van der Waals surface area contributed by atoms with Crippen LogP contribution in [0.3, 0.4) is 0 Å². The zero-order chi connectivity index (χ0) is 24.8. The summed E-state index contributed by atoms with van der Waals surface area (Å²) < 4.78 is 23.1. The molecule has 6 rings (SSSR count). The molecule has 0 unspecified atom stereocenters. The number of benzene rings is 2. The van der Waals surface area contributed by atoms with E-state index in [9.17, 15) is 14.0 Å². The van der Waals surface area contributed by atoms with Crippen molar-refractivity contribution in [1.29, 1.82) is 0 Å². The van der Waals surface area contributed by atoms with Crippen LogP contribution in [0, 0.1) is 5.82 Å². The fourth-order valence-corrected chi connectivity index (χ4v) is 4.90. The maximum absolute atomic E-state index is 14.8. The summed E-state index contributed by atoms with van der Waals surface area (Å²) in [5.41, 5.74) is 1.92. The van der Waals surface area contributed by atoms with Gasteiger partial charge >= 0.3 is 0 Å². The highest BCUT2D eigenvalue weighted by Gasteiger charge is 2.27. The summed E-state index contributed by atoms with van der Waals surface area (Å²) in [4.78, 5) is 31.5. The van der Waals surface area contributed by atoms with Gasteiger partial charge in [-0.1, -0.05) is 24.3 Å². The number of hydrogen-bond donors (Lipinski definition) is 1. The van der Waals surface area contributed by atoms with E-state index in [1.54, 1.807) is 35.4 Å². The Hall–Kier alpha value is -4.05. The molecule has 0 fully saturated rings. The van der Waals surface area contributed by atoms with Gasteiger partial charge in [0.2, 0.25) is 0 Å². The molecule has 0 radical (unpaired) electrons. The third kappa shape index (κ3) is 3.93. The Morgan fingerprint density at radius 2 is 1.94 bits per heavy atom. The smallest absolute Gasteiger partial charge is 0.272 e. The largest absolute Gasteiger partial charge is 0.448 e. The molecular weight excluding hydrogens is 529 g/mol. The number of halogens is 2. The van der Waals surface area contributed by atoms with Crippen LogP contribution in [-0.4, -0.2) is 37.1 Å². The number of nitrogens with one attached hydrogen (secondary N) is 1. The summed E-state index contributed by atoms with van der Waals surface area (Å²) in [5.74, 6) is 0.406. The number of carbonyl (C=O) groups excluding carboxylic acids is 1. The lowest BCUT2D eigenvalue weighted by molar-refractivity contribution is 0.0703. The zero-order valence-corrected chi connectivity index (χ0v) is 20.5. The topological polar surface area (TPSA) is 97.0 Å². The minimum atomic E-state index is -0.585. The van der Waals surface area contributed by atoms with Crippen molar-refractivity contribution in [2.45, 2.75) is 19.5 Å². The van der Waals surface area contributed by atoms with Gasteiger partial charge in [0.05, 0.1) is 29.4 Å². The number of hydrogen-bond acceptors (Lipinski definition) is 5. The lowest BCUT2D eigenvalue weighted by Gasteiger charge is -2.28. The van der Waals surface area contributed by atoms with Crippen LogP contribution in [0.2, 0.25) is 0 Å². The first-order valence-electron chi connectivity index (χ1n) is 11.3. The Morgan fingerprint density at radius 3 is 2.75 bits per heavy atom. The van der Waals surface area contributed by atoms with Crippen LogP contribution in [0.25, 0.3) is 22.2 Å². The summed E-state index contributed by atoms with van der Waals surface area (Å²) >= 11 is 3.31. The first kappa shape index (κ1) is 22.4. The molecule has 1 aliphatic heterocycles. The normalized spacial score (nSPS) is 13.2. The van der Waals surface area contributed by atoms with Crippen molar-refractivity contribution in [2.75, 3.05) is 6.54 Å². The summed E-state index contributed by atoms with van der Waals surface area (Å²) in [6.07, 6.45) is 2.06. The second-order valence-electron chi connectivity index (χ2n) is 8.58. The van der Waals surface area contributed by atoms with E-state index in [0.717, 1.165) is 11.1 Å². The average molecular weight is 548 g/mol. The molecule has 3 aromatic heterocycles. The first-order valence-corrected chi connectivity index (χ1v) is 12.1. The fraction of sp³-hybridized carbons (Fsp3) is 0.154.